The number of amides is 2. The highest BCUT2D eigenvalue weighted by Gasteiger charge is 2.30. The first-order chi connectivity index (χ1) is 14.9. The molecule has 0 fully saturated rings. The molecule has 0 heterocycles. The number of nitrogens with one attached hydrogen (secondary N) is 1. The van der Waals surface area contributed by atoms with E-state index in [1.807, 2.05) is 13.8 Å². The maximum Gasteiger partial charge on any atom is 0.244 e. The van der Waals surface area contributed by atoms with Crippen molar-refractivity contribution in [1.82, 2.24) is 10.2 Å². The number of benzene rings is 2. The number of hydrogen-bond acceptors (Lipinski definition) is 4. The van der Waals surface area contributed by atoms with E-state index in [0.29, 0.717) is 10.6 Å². The predicted molar refractivity (Wildman–Crippen MR) is 128 cm³/mol. The van der Waals surface area contributed by atoms with Crippen LogP contribution >= 0.6 is 23.2 Å². The van der Waals surface area contributed by atoms with E-state index in [4.69, 9.17) is 23.2 Å². The summed E-state index contributed by atoms with van der Waals surface area (Å²) in [6.45, 7) is 4.79. The van der Waals surface area contributed by atoms with Gasteiger partial charge in [0.05, 0.1) is 17.0 Å². The SMILES string of the molecule is CC(C)NC(=O)[C@@H](C)N(Cc1cccc(Cl)c1)C(=O)CN(c1ccccc1Cl)S(C)(=O)=O. The third-order valence-electron chi connectivity index (χ3n) is 4.64. The van der Waals surface area contributed by atoms with Gasteiger partial charge in [0, 0.05) is 17.6 Å². The highest BCUT2D eigenvalue weighted by atomic mass is 35.5. The van der Waals surface area contributed by atoms with Crippen molar-refractivity contribution in [2.24, 2.45) is 0 Å². The Kier molecular flexibility index (Phi) is 8.95. The van der Waals surface area contributed by atoms with Gasteiger partial charge in [0.2, 0.25) is 21.8 Å². The maximum absolute atomic E-state index is 13.4. The lowest BCUT2D eigenvalue weighted by Gasteiger charge is -2.32. The van der Waals surface area contributed by atoms with E-state index in [0.717, 1.165) is 10.6 Å². The van der Waals surface area contributed by atoms with Crippen LogP contribution < -0.4 is 9.62 Å². The minimum Gasteiger partial charge on any atom is -0.352 e. The summed E-state index contributed by atoms with van der Waals surface area (Å²) in [5.41, 5.74) is 0.894. The van der Waals surface area contributed by atoms with E-state index in [1.54, 1.807) is 49.4 Å². The van der Waals surface area contributed by atoms with Crippen LogP contribution in [0.4, 0.5) is 5.69 Å². The molecule has 2 aromatic carbocycles. The molecule has 1 N–H and O–H groups in total. The smallest absolute Gasteiger partial charge is 0.244 e. The minimum atomic E-state index is -3.83. The minimum absolute atomic E-state index is 0.0756. The Morgan fingerprint density at radius 1 is 1.03 bits per heavy atom. The number of carbonyl (C=O) groups is 2. The highest BCUT2D eigenvalue weighted by molar-refractivity contribution is 7.92. The van der Waals surface area contributed by atoms with Crippen LogP contribution in [-0.2, 0) is 26.2 Å². The van der Waals surface area contributed by atoms with Crippen molar-refractivity contribution >= 4 is 50.7 Å². The molecule has 2 amide bonds. The first-order valence-corrected chi connectivity index (χ1v) is 12.6. The second-order valence-electron chi connectivity index (χ2n) is 7.71. The fourth-order valence-corrected chi connectivity index (χ4v) is 4.43. The van der Waals surface area contributed by atoms with Gasteiger partial charge in [0.1, 0.15) is 12.6 Å². The molecule has 0 saturated heterocycles. The summed E-state index contributed by atoms with van der Waals surface area (Å²) in [6, 6.07) is 12.3. The molecule has 0 bridgehead atoms. The first kappa shape index (κ1) is 26.0. The Morgan fingerprint density at radius 2 is 1.69 bits per heavy atom. The van der Waals surface area contributed by atoms with Crippen molar-refractivity contribution < 1.29 is 18.0 Å². The van der Waals surface area contributed by atoms with Crippen LogP contribution in [0.2, 0.25) is 10.0 Å². The van der Waals surface area contributed by atoms with E-state index >= 15 is 0 Å². The quantitative estimate of drug-likeness (QED) is 0.569. The van der Waals surface area contributed by atoms with Crippen molar-refractivity contribution in [3.63, 3.8) is 0 Å². The molecule has 0 saturated carbocycles. The number of carbonyl (C=O) groups excluding carboxylic acids is 2. The summed E-state index contributed by atoms with van der Waals surface area (Å²) >= 11 is 12.3. The van der Waals surface area contributed by atoms with Gasteiger partial charge in [-0.2, -0.15) is 0 Å². The van der Waals surface area contributed by atoms with Crippen LogP contribution in [0.1, 0.15) is 26.3 Å². The third-order valence-corrected chi connectivity index (χ3v) is 6.32. The number of anilines is 1. The van der Waals surface area contributed by atoms with Crippen molar-refractivity contribution in [2.75, 3.05) is 17.1 Å². The Balaban J connectivity index is 2.40. The Morgan fingerprint density at radius 3 is 2.25 bits per heavy atom. The lowest BCUT2D eigenvalue weighted by atomic mass is 10.1. The molecular formula is C22H27Cl2N3O4S. The van der Waals surface area contributed by atoms with Crippen LogP contribution in [0.5, 0.6) is 0 Å². The number of rotatable bonds is 9. The topological polar surface area (TPSA) is 86.8 Å². The fourth-order valence-electron chi connectivity index (χ4n) is 3.07. The average molecular weight is 500 g/mol. The van der Waals surface area contributed by atoms with Crippen LogP contribution in [0.25, 0.3) is 0 Å². The summed E-state index contributed by atoms with van der Waals surface area (Å²) in [5.74, 6) is -0.902. The molecule has 0 aromatic heterocycles. The lowest BCUT2D eigenvalue weighted by molar-refractivity contribution is -0.139. The standard InChI is InChI=1S/C22H27Cl2N3O4S/c1-15(2)25-22(29)16(3)26(13-17-8-7-9-18(23)12-17)21(28)14-27(32(4,30)31)20-11-6-5-10-19(20)24/h5-12,15-16H,13-14H2,1-4H3,(H,25,29)/t16-/m1/s1. The van der Waals surface area contributed by atoms with Gasteiger partial charge in [-0.1, -0.05) is 47.5 Å². The summed E-state index contributed by atoms with van der Waals surface area (Å²) < 4.78 is 25.9. The van der Waals surface area contributed by atoms with Crippen LogP contribution in [0.15, 0.2) is 48.5 Å². The normalized spacial score (nSPS) is 12.3. The third kappa shape index (κ3) is 7.12. The van der Waals surface area contributed by atoms with E-state index in [9.17, 15) is 18.0 Å². The zero-order valence-electron chi connectivity index (χ0n) is 18.4. The zero-order chi connectivity index (χ0) is 24.1. The number of sulfonamides is 1. The maximum atomic E-state index is 13.4. The number of halogens is 2. The number of para-hydroxylation sites is 1. The molecule has 174 valence electrons. The number of hydrogen-bond donors (Lipinski definition) is 1. The summed E-state index contributed by atoms with van der Waals surface area (Å²) in [7, 11) is -3.83. The predicted octanol–water partition coefficient (Wildman–Crippen LogP) is 3.70. The molecule has 0 radical (unpaired) electrons. The average Bonchev–Trinajstić information content (AvgIpc) is 2.69. The van der Waals surface area contributed by atoms with Crippen LogP contribution in [0.3, 0.4) is 0 Å². The van der Waals surface area contributed by atoms with Crippen molar-refractivity contribution in [1.29, 1.82) is 0 Å². The summed E-state index contributed by atoms with van der Waals surface area (Å²) in [6.07, 6.45) is 1.000. The molecule has 1 atom stereocenters. The van der Waals surface area contributed by atoms with E-state index < -0.39 is 28.5 Å². The Hall–Kier alpha value is -2.29. The van der Waals surface area contributed by atoms with Gasteiger partial charge in [0.15, 0.2) is 0 Å². The van der Waals surface area contributed by atoms with Crippen LogP contribution in [-0.4, -0.2) is 50.0 Å². The van der Waals surface area contributed by atoms with Crippen molar-refractivity contribution in [2.45, 2.75) is 39.4 Å². The number of nitrogens with zero attached hydrogens (tertiary/aromatic N) is 2. The molecule has 10 heteroatoms. The summed E-state index contributed by atoms with van der Waals surface area (Å²) in [4.78, 5) is 27.4. The van der Waals surface area contributed by atoms with Gasteiger partial charge in [-0.15, -0.1) is 0 Å². The second kappa shape index (κ2) is 11.0. The van der Waals surface area contributed by atoms with Crippen LogP contribution in [0, 0.1) is 0 Å². The summed E-state index contributed by atoms with van der Waals surface area (Å²) in [5, 5.41) is 3.47. The molecule has 0 spiro atoms. The highest BCUT2D eigenvalue weighted by Crippen LogP contribution is 2.27. The zero-order valence-corrected chi connectivity index (χ0v) is 20.7. The van der Waals surface area contributed by atoms with Gasteiger partial charge < -0.3 is 10.2 Å². The van der Waals surface area contributed by atoms with Gasteiger partial charge >= 0.3 is 0 Å². The first-order valence-electron chi connectivity index (χ1n) is 9.96. The second-order valence-corrected chi connectivity index (χ2v) is 10.5. The fraction of sp³-hybridized carbons (Fsp3) is 0.364. The molecule has 0 unspecified atom stereocenters. The monoisotopic (exact) mass is 499 g/mol. The molecule has 2 rings (SSSR count). The van der Waals surface area contributed by atoms with Crippen molar-refractivity contribution in [3.8, 4) is 0 Å². The van der Waals surface area contributed by atoms with E-state index in [2.05, 4.69) is 5.32 Å². The molecule has 7 nitrogen and oxygen atoms in total. The molecule has 0 aliphatic heterocycles. The molecule has 32 heavy (non-hydrogen) atoms. The Labute approximate surface area is 199 Å². The van der Waals surface area contributed by atoms with E-state index in [1.165, 1.54) is 11.0 Å². The molecule has 2 aromatic rings. The Bertz CT molecular complexity index is 1080. The largest absolute Gasteiger partial charge is 0.352 e. The van der Waals surface area contributed by atoms with E-state index in [-0.39, 0.29) is 29.2 Å². The molecular weight excluding hydrogens is 473 g/mol. The van der Waals surface area contributed by atoms with Gasteiger partial charge in [-0.3, -0.25) is 13.9 Å². The molecule has 0 aliphatic carbocycles. The van der Waals surface area contributed by atoms with Gasteiger partial charge in [0.25, 0.3) is 0 Å². The molecule has 0 aliphatic rings. The van der Waals surface area contributed by atoms with Gasteiger partial charge in [-0.05, 0) is 50.6 Å². The lowest BCUT2D eigenvalue weighted by Crippen LogP contribution is -2.52. The van der Waals surface area contributed by atoms with Gasteiger partial charge in [-0.25, -0.2) is 8.42 Å². The van der Waals surface area contributed by atoms with Crippen molar-refractivity contribution in [3.05, 3.63) is 64.1 Å².